The maximum Gasteiger partial charge on any atom is 0.309 e. The first-order chi connectivity index (χ1) is 20.2. The summed E-state index contributed by atoms with van der Waals surface area (Å²) in [6.07, 6.45) is 6.27. The summed E-state index contributed by atoms with van der Waals surface area (Å²) >= 11 is 0. The SMILES string of the molecule is COc1cc(-c2ccc(C3CCc4ccc([C@H](O)[C@H](C)C(=O)O)c(F)c4O3)cc2CN2CCCCC23CC3)c(F)cn1. The maximum atomic E-state index is 15.7. The summed E-state index contributed by atoms with van der Waals surface area (Å²) in [6, 6.07) is 10.6. The molecule has 6 rings (SSSR count). The topological polar surface area (TPSA) is 92.1 Å². The van der Waals surface area contributed by atoms with Crippen LogP contribution in [0.2, 0.25) is 0 Å². The van der Waals surface area contributed by atoms with Crippen molar-refractivity contribution in [2.45, 2.75) is 76.2 Å². The van der Waals surface area contributed by atoms with Gasteiger partial charge in [0.2, 0.25) is 5.88 Å². The third kappa shape index (κ3) is 5.24. The number of aliphatic hydroxyl groups excluding tert-OH is 1. The Morgan fingerprint density at radius 2 is 1.98 bits per heavy atom. The number of hydrogen-bond donors (Lipinski definition) is 2. The number of nitrogens with zero attached hydrogens (tertiary/aromatic N) is 2. The number of aryl methyl sites for hydroxylation is 1. The molecule has 1 saturated carbocycles. The van der Waals surface area contributed by atoms with Crippen LogP contribution < -0.4 is 9.47 Å². The number of aromatic nitrogens is 1. The highest BCUT2D eigenvalue weighted by Gasteiger charge is 2.48. The van der Waals surface area contributed by atoms with Gasteiger partial charge in [0.15, 0.2) is 11.6 Å². The molecule has 3 heterocycles. The lowest BCUT2D eigenvalue weighted by molar-refractivity contribution is -0.145. The number of fused-ring (bicyclic) bond motifs is 1. The number of carboxylic acid groups (broad SMARTS) is 1. The zero-order valence-electron chi connectivity index (χ0n) is 23.9. The molecule has 2 fully saturated rings. The van der Waals surface area contributed by atoms with Gasteiger partial charge in [-0.3, -0.25) is 9.69 Å². The van der Waals surface area contributed by atoms with Gasteiger partial charge < -0.3 is 19.7 Å². The number of pyridine rings is 1. The first-order valence-electron chi connectivity index (χ1n) is 14.7. The minimum Gasteiger partial charge on any atom is -0.482 e. The van der Waals surface area contributed by atoms with Gasteiger partial charge in [-0.15, -0.1) is 0 Å². The Balaban J connectivity index is 1.36. The molecule has 7 nitrogen and oxygen atoms in total. The lowest BCUT2D eigenvalue weighted by Crippen LogP contribution is -2.40. The van der Waals surface area contributed by atoms with E-state index in [9.17, 15) is 15.0 Å². The van der Waals surface area contributed by atoms with Crippen molar-refractivity contribution in [1.29, 1.82) is 0 Å². The third-order valence-corrected chi connectivity index (χ3v) is 9.34. The Labute approximate surface area is 244 Å². The van der Waals surface area contributed by atoms with Crippen LogP contribution in [0.5, 0.6) is 11.6 Å². The summed E-state index contributed by atoms with van der Waals surface area (Å²) in [5, 5.41) is 19.9. The van der Waals surface area contributed by atoms with Gasteiger partial charge in [-0.1, -0.05) is 36.8 Å². The summed E-state index contributed by atoms with van der Waals surface area (Å²) in [6.45, 7) is 2.99. The van der Waals surface area contributed by atoms with Gasteiger partial charge in [0.25, 0.3) is 0 Å². The van der Waals surface area contributed by atoms with Crippen LogP contribution in [0.4, 0.5) is 8.78 Å². The molecule has 2 aliphatic heterocycles. The molecule has 3 aliphatic rings. The standard InChI is InChI=1S/C33H36F2N2O5/c1-19(32(39)40)30(38)24-9-5-20-7-10-27(42-31(20)29(24)35)21-6-8-23(25-16-28(41-2)36-17-26(25)34)22(15-21)18-37-14-4-3-11-33(37)12-13-33/h5-6,8-9,15-17,19,27,30,38H,3-4,7,10-14,18H2,1-2H3,(H,39,40)/t19-,27?,30+/m0/s1. The van der Waals surface area contributed by atoms with Crippen LogP contribution in [0.1, 0.15) is 79.9 Å². The molecule has 1 unspecified atom stereocenters. The van der Waals surface area contributed by atoms with Gasteiger partial charge in [-0.2, -0.15) is 0 Å². The zero-order valence-corrected chi connectivity index (χ0v) is 23.9. The van der Waals surface area contributed by atoms with E-state index in [4.69, 9.17) is 9.47 Å². The van der Waals surface area contributed by atoms with Crippen molar-refractivity contribution in [3.05, 3.63) is 76.5 Å². The molecule has 0 bridgehead atoms. The average Bonchev–Trinajstić information content (AvgIpc) is 3.78. The lowest BCUT2D eigenvalue weighted by Gasteiger charge is -2.37. The Bertz CT molecular complexity index is 1510. The van der Waals surface area contributed by atoms with E-state index in [1.807, 2.05) is 18.2 Å². The number of carbonyl (C=O) groups is 1. The highest BCUT2D eigenvalue weighted by molar-refractivity contribution is 5.71. The lowest BCUT2D eigenvalue weighted by atomic mass is 9.90. The summed E-state index contributed by atoms with van der Waals surface area (Å²) in [5.74, 6) is -3.18. The molecule has 1 aliphatic carbocycles. The zero-order chi connectivity index (χ0) is 29.6. The van der Waals surface area contributed by atoms with E-state index in [1.54, 1.807) is 12.1 Å². The number of piperidine rings is 1. The molecular formula is C33H36F2N2O5. The average molecular weight is 579 g/mol. The first kappa shape index (κ1) is 28.6. The van der Waals surface area contributed by atoms with Crippen LogP contribution >= 0.6 is 0 Å². The Morgan fingerprint density at radius 1 is 1.17 bits per heavy atom. The van der Waals surface area contributed by atoms with Gasteiger partial charge in [0, 0.05) is 29.3 Å². The molecule has 3 aromatic rings. The number of benzene rings is 2. The van der Waals surface area contributed by atoms with E-state index in [0.717, 1.165) is 29.7 Å². The van der Waals surface area contributed by atoms with Crippen molar-refractivity contribution >= 4 is 5.97 Å². The highest BCUT2D eigenvalue weighted by Crippen LogP contribution is 2.49. The molecule has 2 N–H and O–H groups in total. The van der Waals surface area contributed by atoms with Gasteiger partial charge in [-0.25, -0.2) is 13.8 Å². The van der Waals surface area contributed by atoms with Crippen LogP contribution in [0.3, 0.4) is 0 Å². The van der Waals surface area contributed by atoms with Crippen molar-refractivity contribution < 1.29 is 33.3 Å². The molecule has 222 valence electrons. The molecule has 1 spiro atoms. The fourth-order valence-electron chi connectivity index (χ4n) is 6.55. The number of methoxy groups -OCH3 is 1. The highest BCUT2D eigenvalue weighted by atomic mass is 19.1. The minimum absolute atomic E-state index is 0.0453. The predicted octanol–water partition coefficient (Wildman–Crippen LogP) is 6.37. The van der Waals surface area contributed by atoms with Crippen LogP contribution in [-0.4, -0.2) is 45.3 Å². The van der Waals surface area contributed by atoms with Crippen molar-refractivity contribution in [2.24, 2.45) is 5.92 Å². The molecular weight excluding hydrogens is 542 g/mol. The molecule has 0 radical (unpaired) electrons. The first-order valence-corrected chi connectivity index (χ1v) is 14.7. The quantitative estimate of drug-likeness (QED) is 0.321. The fourth-order valence-corrected chi connectivity index (χ4v) is 6.55. The monoisotopic (exact) mass is 578 g/mol. The van der Waals surface area contributed by atoms with Gasteiger partial charge in [0.1, 0.15) is 11.9 Å². The molecule has 1 aromatic heterocycles. The van der Waals surface area contributed by atoms with E-state index < -0.39 is 35.7 Å². The Hall–Kier alpha value is -3.56. The van der Waals surface area contributed by atoms with Crippen molar-refractivity contribution in [1.82, 2.24) is 9.88 Å². The molecule has 9 heteroatoms. The van der Waals surface area contributed by atoms with E-state index in [-0.39, 0.29) is 16.9 Å². The second kappa shape index (κ2) is 11.3. The smallest absolute Gasteiger partial charge is 0.309 e. The third-order valence-electron chi connectivity index (χ3n) is 9.34. The van der Waals surface area contributed by atoms with E-state index in [1.165, 1.54) is 52.0 Å². The van der Waals surface area contributed by atoms with Crippen LogP contribution in [0.15, 0.2) is 42.6 Å². The molecule has 1 saturated heterocycles. The number of aliphatic hydroxyl groups is 1. The van der Waals surface area contributed by atoms with Crippen LogP contribution in [0.25, 0.3) is 11.1 Å². The number of likely N-dealkylation sites (tertiary alicyclic amines) is 1. The predicted molar refractivity (Wildman–Crippen MR) is 152 cm³/mol. The number of rotatable bonds is 8. The van der Waals surface area contributed by atoms with E-state index in [0.29, 0.717) is 36.4 Å². The Kier molecular flexibility index (Phi) is 7.66. The van der Waals surface area contributed by atoms with Crippen molar-refractivity contribution in [3.63, 3.8) is 0 Å². The molecule has 0 amide bonds. The Morgan fingerprint density at radius 3 is 2.71 bits per heavy atom. The van der Waals surface area contributed by atoms with E-state index in [2.05, 4.69) is 9.88 Å². The fraction of sp³-hybridized carbons (Fsp3) is 0.455. The summed E-state index contributed by atoms with van der Waals surface area (Å²) in [4.78, 5) is 17.9. The summed E-state index contributed by atoms with van der Waals surface area (Å²) < 4.78 is 42.3. The number of ether oxygens (including phenoxy) is 2. The maximum absolute atomic E-state index is 15.7. The summed E-state index contributed by atoms with van der Waals surface area (Å²) in [7, 11) is 1.50. The summed E-state index contributed by atoms with van der Waals surface area (Å²) in [5.41, 5.74) is 3.80. The van der Waals surface area contributed by atoms with Gasteiger partial charge in [0.05, 0.1) is 25.3 Å². The molecule has 2 aromatic carbocycles. The number of aliphatic carboxylic acids is 1. The molecule has 42 heavy (non-hydrogen) atoms. The molecule has 3 atom stereocenters. The van der Waals surface area contributed by atoms with E-state index >= 15 is 8.78 Å². The van der Waals surface area contributed by atoms with Crippen LogP contribution in [-0.2, 0) is 17.8 Å². The van der Waals surface area contributed by atoms with Crippen molar-refractivity contribution in [3.8, 4) is 22.8 Å². The number of halogens is 2. The number of hydrogen-bond acceptors (Lipinski definition) is 6. The van der Waals surface area contributed by atoms with Gasteiger partial charge in [-0.05, 0) is 74.2 Å². The second-order valence-electron chi connectivity index (χ2n) is 11.9. The largest absolute Gasteiger partial charge is 0.482 e. The number of carboxylic acids is 1. The van der Waals surface area contributed by atoms with Crippen molar-refractivity contribution in [2.75, 3.05) is 13.7 Å². The van der Waals surface area contributed by atoms with Gasteiger partial charge >= 0.3 is 5.97 Å². The second-order valence-corrected chi connectivity index (χ2v) is 11.9. The minimum atomic E-state index is -1.51. The normalized spacial score (nSPS) is 20.8. The van der Waals surface area contributed by atoms with Crippen LogP contribution in [0, 0.1) is 17.6 Å².